The van der Waals surface area contributed by atoms with Crippen molar-refractivity contribution in [3.05, 3.63) is 58.9 Å². The second kappa shape index (κ2) is 7.89. The van der Waals surface area contributed by atoms with Gasteiger partial charge in [0.1, 0.15) is 19.5 Å². The fourth-order valence-corrected chi connectivity index (χ4v) is 3.46. The van der Waals surface area contributed by atoms with Crippen LogP contribution < -0.4 is 14.8 Å². The molecule has 7 nitrogen and oxygen atoms in total. The summed E-state index contributed by atoms with van der Waals surface area (Å²) in [6, 6.07) is 10.7. The Morgan fingerprint density at radius 2 is 1.93 bits per heavy atom. The van der Waals surface area contributed by atoms with Crippen molar-refractivity contribution in [1.29, 1.82) is 0 Å². The lowest BCUT2D eigenvalue weighted by atomic mass is 10.1. The maximum Gasteiger partial charge on any atom is 0.255 e. The molecular formula is C18H15ClN4O3S. The number of hydrogen-bond donors (Lipinski definition) is 2. The van der Waals surface area contributed by atoms with Crippen LogP contribution in [0.4, 0.5) is 5.69 Å². The lowest BCUT2D eigenvalue weighted by molar-refractivity contribution is 0.102. The smallest absolute Gasteiger partial charge is 0.255 e. The van der Waals surface area contributed by atoms with E-state index in [1.54, 1.807) is 24.3 Å². The second-order valence-corrected chi connectivity index (χ2v) is 7.08. The lowest BCUT2D eigenvalue weighted by Gasteiger charge is -2.20. The number of anilines is 1. The average molecular weight is 403 g/mol. The van der Waals surface area contributed by atoms with Gasteiger partial charge in [0.15, 0.2) is 16.7 Å². The number of thioether (sulfide) groups is 1. The molecule has 4 rings (SSSR count). The number of ether oxygens (including phenoxy) is 2. The monoisotopic (exact) mass is 402 g/mol. The van der Waals surface area contributed by atoms with Gasteiger partial charge in [-0.1, -0.05) is 35.5 Å². The van der Waals surface area contributed by atoms with Crippen LogP contribution in [0.3, 0.4) is 0 Å². The molecule has 9 heteroatoms. The van der Waals surface area contributed by atoms with Crippen LogP contribution in [0.5, 0.6) is 11.5 Å². The minimum Gasteiger partial charge on any atom is -0.486 e. The summed E-state index contributed by atoms with van der Waals surface area (Å²) >= 11 is 7.78. The molecule has 2 aromatic carbocycles. The summed E-state index contributed by atoms with van der Waals surface area (Å²) in [4.78, 5) is 16.6. The zero-order chi connectivity index (χ0) is 18.6. The first-order valence-corrected chi connectivity index (χ1v) is 9.53. The maximum atomic E-state index is 12.5. The molecule has 0 atom stereocenters. The molecule has 0 aliphatic carbocycles. The Kier molecular flexibility index (Phi) is 5.17. The predicted octanol–water partition coefficient (Wildman–Crippen LogP) is 3.77. The highest BCUT2D eigenvalue weighted by atomic mass is 35.5. The predicted molar refractivity (Wildman–Crippen MR) is 103 cm³/mol. The van der Waals surface area contributed by atoms with Crippen molar-refractivity contribution >= 4 is 35.0 Å². The Hall–Kier alpha value is -2.71. The molecular weight excluding hydrogens is 388 g/mol. The first-order chi connectivity index (χ1) is 13.2. The van der Waals surface area contributed by atoms with E-state index in [0.29, 0.717) is 41.0 Å². The van der Waals surface area contributed by atoms with Crippen molar-refractivity contribution in [3.8, 4) is 11.5 Å². The zero-order valence-corrected chi connectivity index (χ0v) is 15.6. The number of carbonyl (C=O) groups is 1. The van der Waals surface area contributed by atoms with E-state index in [1.165, 1.54) is 18.1 Å². The third kappa shape index (κ3) is 4.17. The van der Waals surface area contributed by atoms with Gasteiger partial charge >= 0.3 is 0 Å². The number of rotatable bonds is 5. The number of benzene rings is 2. The highest BCUT2D eigenvalue weighted by Gasteiger charge is 2.17. The molecule has 1 amide bonds. The second-order valence-electron chi connectivity index (χ2n) is 5.71. The van der Waals surface area contributed by atoms with Crippen LogP contribution in [-0.2, 0) is 5.75 Å². The highest BCUT2D eigenvalue weighted by Crippen LogP contribution is 2.38. The van der Waals surface area contributed by atoms with Gasteiger partial charge < -0.3 is 14.8 Å². The van der Waals surface area contributed by atoms with E-state index in [0.717, 1.165) is 16.5 Å². The normalized spacial score (nSPS) is 12.6. The van der Waals surface area contributed by atoms with Gasteiger partial charge in [0.05, 0.1) is 10.7 Å². The van der Waals surface area contributed by atoms with Crippen molar-refractivity contribution in [1.82, 2.24) is 15.2 Å². The van der Waals surface area contributed by atoms with E-state index >= 15 is 0 Å². The van der Waals surface area contributed by atoms with Crippen molar-refractivity contribution in [2.24, 2.45) is 0 Å². The average Bonchev–Trinajstić information content (AvgIpc) is 3.21. The van der Waals surface area contributed by atoms with Gasteiger partial charge in [0.2, 0.25) is 0 Å². The van der Waals surface area contributed by atoms with Crippen molar-refractivity contribution in [2.45, 2.75) is 10.9 Å². The molecule has 0 saturated heterocycles. The number of carbonyl (C=O) groups excluding carboxylic acids is 1. The summed E-state index contributed by atoms with van der Waals surface area (Å²) in [5.74, 6) is 1.63. The standard InChI is InChI=1S/C18H15ClN4O3S/c19-13-7-15-16(26-6-5-25-15)8-14(13)22-17(24)12-3-1-11(2-4-12)9-27-18-20-10-21-23-18/h1-4,7-8,10H,5-6,9H2,(H,22,24)(H,20,21,23). The summed E-state index contributed by atoms with van der Waals surface area (Å²) in [6.45, 7) is 0.950. The van der Waals surface area contributed by atoms with Gasteiger partial charge in [-0.2, -0.15) is 5.10 Å². The molecule has 0 saturated carbocycles. The minimum atomic E-state index is -0.247. The van der Waals surface area contributed by atoms with Crippen LogP contribution in [0.2, 0.25) is 5.02 Å². The minimum absolute atomic E-state index is 0.247. The summed E-state index contributed by atoms with van der Waals surface area (Å²) in [7, 11) is 0. The third-order valence-corrected chi connectivity index (χ3v) is 5.13. The number of hydrogen-bond acceptors (Lipinski definition) is 6. The van der Waals surface area contributed by atoms with E-state index in [2.05, 4.69) is 20.5 Å². The molecule has 0 radical (unpaired) electrons. The fraction of sp³-hybridized carbons (Fsp3) is 0.167. The third-order valence-electron chi connectivity index (χ3n) is 3.86. The molecule has 2 heterocycles. The SMILES string of the molecule is O=C(Nc1cc2c(cc1Cl)OCCO2)c1ccc(CSc2ncn[nH]2)cc1. The number of nitrogens with one attached hydrogen (secondary N) is 2. The quantitative estimate of drug-likeness (QED) is 0.631. The molecule has 0 fully saturated rings. The first-order valence-electron chi connectivity index (χ1n) is 8.16. The summed E-state index contributed by atoms with van der Waals surface area (Å²) in [6.07, 6.45) is 1.47. The summed E-state index contributed by atoms with van der Waals surface area (Å²) < 4.78 is 11.0. The van der Waals surface area contributed by atoms with Crippen LogP contribution in [0.15, 0.2) is 47.9 Å². The molecule has 2 N–H and O–H groups in total. The van der Waals surface area contributed by atoms with Crippen LogP contribution >= 0.6 is 23.4 Å². The van der Waals surface area contributed by atoms with Gasteiger partial charge in [-0.25, -0.2) is 4.98 Å². The summed E-state index contributed by atoms with van der Waals surface area (Å²) in [5, 5.41) is 10.6. The molecule has 27 heavy (non-hydrogen) atoms. The van der Waals surface area contributed by atoms with Crippen molar-refractivity contribution in [3.63, 3.8) is 0 Å². The van der Waals surface area contributed by atoms with Gasteiger partial charge in [-0.05, 0) is 17.7 Å². The zero-order valence-electron chi connectivity index (χ0n) is 14.1. The number of nitrogens with zero attached hydrogens (tertiary/aromatic N) is 2. The largest absolute Gasteiger partial charge is 0.486 e. The molecule has 1 aliphatic heterocycles. The molecule has 1 aliphatic rings. The van der Waals surface area contributed by atoms with Crippen LogP contribution in [0.1, 0.15) is 15.9 Å². The molecule has 0 unspecified atom stereocenters. The van der Waals surface area contributed by atoms with Crippen LogP contribution in [-0.4, -0.2) is 34.3 Å². The van der Waals surface area contributed by atoms with Crippen LogP contribution in [0, 0.1) is 0 Å². The van der Waals surface area contributed by atoms with Crippen LogP contribution in [0.25, 0.3) is 0 Å². The Bertz CT molecular complexity index is 948. The van der Waals surface area contributed by atoms with Gasteiger partial charge in [-0.3, -0.25) is 9.89 Å². The lowest BCUT2D eigenvalue weighted by Crippen LogP contribution is -2.17. The van der Waals surface area contributed by atoms with E-state index in [9.17, 15) is 4.79 Å². The van der Waals surface area contributed by atoms with Crippen molar-refractivity contribution in [2.75, 3.05) is 18.5 Å². The molecule has 3 aromatic rings. The number of fused-ring (bicyclic) bond motifs is 1. The van der Waals surface area contributed by atoms with E-state index in [4.69, 9.17) is 21.1 Å². The van der Waals surface area contributed by atoms with Crippen molar-refractivity contribution < 1.29 is 14.3 Å². The maximum absolute atomic E-state index is 12.5. The van der Waals surface area contributed by atoms with Gasteiger partial charge in [0.25, 0.3) is 5.91 Å². The van der Waals surface area contributed by atoms with Gasteiger partial charge in [0, 0.05) is 23.4 Å². The highest BCUT2D eigenvalue weighted by molar-refractivity contribution is 7.98. The van der Waals surface area contributed by atoms with Gasteiger partial charge in [-0.15, -0.1) is 0 Å². The topological polar surface area (TPSA) is 89.1 Å². The fourth-order valence-electron chi connectivity index (χ4n) is 2.52. The molecule has 138 valence electrons. The summed E-state index contributed by atoms with van der Waals surface area (Å²) in [5.41, 5.74) is 2.09. The molecule has 0 spiro atoms. The number of amides is 1. The Morgan fingerprint density at radius 1 is 1.19 bits per heavy atom. The van der Waals surface area contributed by atoms with E-state index in [1.807, 2.05) is 12.1 Å². The van der Waals surface area contributed by atoms with E-state index in [-0.39, 0.29) is 5.91 Å². The number of aromatic nitrogens is 3. The number of aromatic amines is 1. The Balaban J connectivity index is 1.42. The molecule has 0 bridgehead atoms. The Morgan fingerprint density at radius 3 is 2.63 bits per heavy atom. The molecule has 1 aromatic heterocycles. The number of H-pyrrole nitrogens is 1. The van der Waals surface area contributed by atoms with E-state index < -0.39 is 0 Å². The number of halogens is 1. The Labute approximate surface area is 164 Å². The first kappa shape index (κ1) is 17.7.